The third kappa shape index (κ3) is 17.2. The fraction of sp³-hybridized carbons (Fsp3) is 0. The molecule has 0 unspecified atom stereocenters. The molecule has 20 heteroatoms. The average molecular weight is 1960 g/mol. The lowest BCUT2D eigenvalue weighted by Gasteiger charge is -2.12. The summed E-state index contributed by atoms with van der Waals surface area (Å²) in [5.74, 6) is 7.44. The lowest BCUT2D eigenvalue weighted by Crippen LogP contribution is -2.01. The number of fused-ring (bicyclic) bond motifs is 15. The standard InChI is InChI=1S/C45H27N5S.C44H26N6S.C40H24N6S/c1-2-12-30(13-3-1)39-41-40(37-16-8-9-17-38(37)51-41)47-42(46-39)31-20-22-32(23-21-31)43-48-44(35-24-18-28-10-4-6-14-33(28)26-35)50-45(49-43)36-25-19-29-11-5-7-15-34(29)27-36;1-2-11-27(12-3-1)38-40-39(35-18-8-9-19-37(35)51-40)47-41(46-38)28-20-22-29(23-21-28)42-48-43(31-14-10-24-45-26-31)50-44(49-42)36-25-30-13-4-5-15-32(30)33-16-6-7-17-34(33)36;1-3-10-26(11-4-1)34-36-35(31-15-7-8-16-33(31)47-36)43-37(42-34)28-18-20-29(21-19-28)39-44-38(27-12-5-2-6-13-27)45-40(46-39)30-22-17-25-14-9-23-41-32(25)24-30/h1-27H;1-26H;1-24H. The maximum Gasteiger partial charge on any atom is 0.165 e. The average Bonchev–Trinajstić information content (AvgIpc) is 1.62. The molecule has 0 amide bonds. The highest BCUT2D eigenvalue weighted by Gasteiger charge is 2.26. The van der Waals surface area contributed by atoms with Crippen LogP contribution in [0, 0.1) is 0 Å². The zero-order valence-corrected chi connectivity index (χ0v) is 81.7. The molecule has 0 saturated heterocycles. The molecule has 0 aliphatic carbocycles. The van der Waals surface area contributed by atoms with Crippen LogP contribution in [0.2, 0.25) is 0 Å². The molecular formula is C129H77N17S3. The van der Waals surface area contributed by atoms with Crippen LogP contribution in [0.5, 0.6) is 0 Å². The highest BCUT2D eigenvalue weighted by Crippen LogP contribution is 2.46. The molecule has 0 atom stereocenters. The van der Waals surface area contributed by atoms with E-state index in [4.69, 9.17) is 74.8 Å². The summed E-state index contributed by atoms with van der Waals surface area (Å²) in [6.45, 7) is 0. The van der Waals surface area contributed by atoms with Crippen molar-refractivity contribution in [2.75, 3.05) is 0 Å². The normalized spacial score (nSPS) is 11.5. The van der Waals surface area contributed by atoms with E-state index >= 15 is 0 Å². The summed E-state index contributed by atoms with van der Waals surface area (Å²) < 4.78 is 6.86. The van der Waals surface area contributed by atoms with Gasteiger partial charge in [-0.25, -0.2) is 74.8 Å². The molecule has 0 fully saturated rings. The molecule has 11 heterocycles. The first kappa shape index (κ1) is 88.4. The summed E-state index contributed by atoms with van der Waals surface area (Å²) in [6, 6.07) is 153. The Morgan fingerprint density at radius 1 is 0.154 bits per heavy atom. The number of hydrogen-bond acceptors (Lipinski definition) is 20. The number of pyridine rings is 2. The molecule has 0 saturated carbocycles. The van der Waals surface area contributed by atoms with Gasteiger partial charge < -0.3 is 0 Å². The van der Waals surface area contributed by atoms with Gasteiger partial charge in [-0.05, 0) is 104 Å². The second kappa shape index (κ2) is 38.3. The number of nitrogens with zero attached hydrogens (tertiary/aromatic N) is 17. The molecule has 29 aromatic rings. The summed E-state index contributed by atoms with van der Waals surface area (Å²) >= 11 is 5.21. The van der Waals surface area contributed by atoms with Crippen LogP contribution in [0.3, 0.4) is 0 Å². The van der Waals surface area contributed by atoms with Gasteiger partial charge >= 0.3 is 0 Å². The van der Waals surface area contributed by atoms with E-state index in [1.165, 1.54) is 30.3 Å². The van der Waals surface area contributed by atoms with Crippen LogP contribution >= 0.6 is 34.0 Å². The third-order valence-corrected chi connectivity index (χ3v) is 30.3. The van der Waals surface area contributed by atoms with Crippen molar-refractivity contribution in [1.82, 2.24) is 84.7 Å². The SMILES string of the molecule is c1ccc(-c2nc(-c3ccc(-c4nc(-c5ccc6ccccc6c5)nc(-c5ccc6ccccc6c5)n4)cc3)nc3c2sc2ccccc23)cc1.c1ccc(-c2nc(-c3ccc(-c4nc(-c5ccccc5)c5sc6ccccc6c5n4)cc3)nc(-c3ccc4cccnc4c3)n2)cc1.c1ccc(-c2nc(-c3ccc(-c4nc(-c5cccnc5)nc(-c5cc6ccccc6c6ccccc56)n4)cc3)nc3c2sc2ccccc23)cc1. The summed E-state index contributed by atoms with van der Waals surface area (Å²) in [6.07, 6.45) is 5.34. The second-order valence-electron chi connectivity index (χ2n) is 36.1. The van der Waals surface area contributed by atoms with Crippen LogP contribution in [0.15, 0.2) is 468 Å². The van der Waals surface area contributed by atoms with Gasteiger partial charge in [0, 0.05) is 138 Å². The van der Waals surface area contributed by atoms with E-state index in [1.54, 1.807) is 52.6 Å². The summed E-state index contributed by atoms with van der Waals surface area (Å²) in [7, 11) is 0. The lowest BCUT2D eigenvalue weighted by atomic mass is 9.97. The largest absolute Gasteiger partial charge is 0.264 e. The molecule has 0 aliphatic rings. The molecule has 0 spiro atoms. The Kier molecular flexibility index (Phi) is 22.7. The Bertz CT molecular complexity index is 10100. The van der Waals surface area contributed by atoms with Crippen molar-refractivity contribution >= 4 is 149 Å². The maximum atomic E-state index is 5.15. The Morgan fingerprint density at radius 3 is 0.826 bits per heavy atom. The van der Waals surface area contributed by atoms with Gasteiger partial charge in [0.15, 0.2) is 69.9 Å². The van der Waals surface area contributed by atoms with Crippen molar-refractivity contribution in [3.05, 3.63) is 468 Å². The second-order valence-corrected chi connectivity index (χ2v) is 39.3. The molecule has 17 nitrogen and oxygen atoms in total. The van der Waals surface area contributed by atoms with Crippen LogP contribution < -0.4 is 0 Å². The van der Waals surface area contributed by atoms with E-state index in [2.05, 4.69) is 325 Å². The van der Waals surface area contributed by atoms with E-state index in [-0.39, 0.29) is 0 Å². The fourth-order valence-electron chi connectivity index (χ4n) is 19.3. The number of rotatable bonds is 15. The van der Waals surface area contributed by atoms with Gasteiger partial charge in [0.2, 0.25) is 0 Å². The number of hydrogen-bond donors (Lipinski definition) is 0. The number of thiophene rings is 3. The third-order valence-electron chi connectivity index (χ3n) is 26.8. The van der Waals surface area contributed by atoms with E-state index in [1.807, 2.05) is 133 Å². The van der Waals surface area contributed by atoms with E-state index in [0.717, 1.165) is 185 Å². The lowest BCUT2D eigenvalue weighted by molar-refractivity contribution is 1.07. The van der Waals surface area contributed by atoms with Gasteiger partial charge in [-0.3, -0.25) is 9.97 Å². The van der Waals surface area contributed by atoms with Gasteiger partial charge in [0.05, 0.1) is 53.2 Å². The minimum Gasteiger partial charge on any atom is -0.264 e. The van der Waals surface area contributed by atoms with Crippen molar-refractivity contribution in [2.45, 2.75) is 0 Å². The molecule has 0 aliphatic heterocycles. The molecule has 0 radical (unpaired) electrons. The van der Waals surface area contributed by atoms with Gasteiger partial charge in [-0.15, -0.1) is 34.0 Å². The minimum atomic E-state index is 0.565. The van der Waals surface area contributed by atoms with Gasteiger partial charge in [0.25, 0.3) is 0 Å². The van der Waals surface area contributed by atoms with E-state index in [0.29, 0.717) is 69.9 Å². The van der Waals surface area contributed by atoms with Crippen molar-refractivity contribution < 1.29 is 0 Å². The van der Waals surface area contributed by atoms with Crippen molar-refractivity contribution in [3.63, 3.8) is 0 Å². The topological polar surface area (TPSA) is 219 Å². The molecular weight excluding hydrogens is 1880 g/mol. The molecule has 0 N–H and O–H groups in total. The summed E-state index contributed by atoms with van der Waals surface area (Å²) in [5.41, 5.74) is 20.7. The van der Waals surface area contributed by atoms with Crippen molar-refractivity contribution in [1.29, 1.82) is 0 Å². The molecule has 149 heavy (non-hydrogen) atoms. The first-order valence-electron chi connectivity index (χ1n) is 48.8. The van der Waals surface area contributed by atoms with Crippen LogP contribution in [0.4, 0.5) is 0 Å². The van der Waals surface area contributed by atoms with Crippen LogP contribution in [-0.2, 0) is 0 Å². The van der Waals surface area contributed by atoms with Gasteiger partial charge in [-0.2, -0.15) is 0 Å². The number of benzene rings is 18. The first-order valence-corrected chi connectivity index (χ1v) is 51.3. The van der Waals surface area contributed by atoms with E-state index < -0.39 is 0 Å². The minimum absolute atomic E-state index is 0.565. The number of aromatic nitrogens is 17. The predicted molar refractivity (Wildman–Crippen MR) is 610 cm³/mol. The monoisotopic (exact) mass is 1960 g/mol. The Morgan fingerprint density at radius 2 is 0.430 bits per heavy atom. The van der Waals surface area contributed by atoms with Crippen molar-refractivity contribution in [2.24, 2.45) is 0 Å². The molecule has 11 aromatic heterocycles. The van der Waals surface area contributed by atoms with Crippen LogP contribution in [0.1, 0.15) is 0 Å². The summed E-state index contributed by atoms with van der Waals surface area (Å²) in [4.78, 5) is 84.7. The predicted octanol–water partition coefficient (Wildman–Crippen LogP) is 32.6. The highest BCUT2D eigenvalue weighted by atomic mass is 32.1. The Hall–Kier alpha value is -19.5. The van der Waals surface area contributed by atoms with Crippen molar-refractivity contribution in [3.8, 4) is 170 Å². The van der Waals surface area contributed by atoms with Crippen LogP contribution in [0.25, 0.3) is 285 Å². The summed E-state index contributed by atoms with van der Waals surface area (Å²) in [5, 5.41) is 13.7. The Balaban J connectivity index is 0.000000110. The zero-order chi connectivity index (χ0) is 98.6. The Labute approximate surface area is 865 Å². The van der Waals surface area contributed by atoms with Gasteiger partial charge in [-0.1, -0.05) is 388 Å². The molecule has 18 aromatic carbocycles. The fourth-order valence-corrected chi connectivity index (χ4v) is 22.8. The van der Waals surface area contributed by atoms with Gasteiger partial charge in [0.1, 0.15) is 0 Å². The highest BCUT2D eigenvalue weighted by molar-refractivity contribution is 7.27. The van der Waals surface area contributed by atoms with Crippen LogP contribution in [-0.4, -0.2) is 84.7 Å². The molecule has 0 bridgehead atoms. The smallest absolute Gasteiger partial charge is 0.165 e. The zero-order valence-electron chi connectivity index (χ0n) is 79.3. The molecule has 29 rings (SSSR count). The molecule has 696 valence electrons. The first-order chi connectivity index (χ1) is 73.8. The van der Waals surface area contributed by atoms with E-state index in [9.17, 15) is 0 Å². The maximum absolute atomic E-state index is 5.15. The quantitative estimate of drug-likeness (QED) is 0.0871.